The van der Waals surface area contributed by atoms with E-state index in [0.717, 1.165) is 18.2 Å². The number of hydrogen-bond acceptors (Lipinski definition) is 2. The molecule has 82 valence electrons. The SMILES string of the molecule is CCC(=O)CS(=O)c1cc(F)ccc1F. The highest BCUT2D eigenvalue weighted by atomic mass is 32.2. The Morgan fingerprint density at radius 2 is 2.07 bits per heavy atom. The monoisotopic (exact) mass is 232 g/mol. The largest absolute Gasteiger partial charge is 0.299 e. The summed E-state index contributed by atoms with van der Waals surface area (Å²) in [6, 6.07) is 2.70. The summed E-state index contributed by atoms with van der Waals surface area (Å²) in [6.45, 7) is 1.63. The lowest BCUT2D eigenvalue weighted by molar-refractivity contribution is -0.116. The summed E-state index contributed by atoms with van der Waals surface area (Å²) in [4.78, 5) is 10.7. The molecular weight excluding hydrogens is 222 g/mol. The fraction of sp³-hybridized carbons (Fsp3) is 0.300. The molecule has 0 spiro atoms. The van der Waals surface area contributed by atoms with E-state index in [1.807, 2.05) is 0 Å². The maximum Gasteiger partial charge on any atom is 0.145 e. The minimum absolute atomic E-state index is 0.239. The van der Waals surface area contributed by atoms with Gasteiger partial charge in [0.1, 0.15) is 17.4 Å². The molecule has 1 aromatic carbocycles. The van der Waals surface area contributed by atoms with Crippen LogP contribution in [0.5, 0.6) is 0 Å². The average Bonchev–Trinajstić information content (AvgIpc) is 2.21. The smallest absolute Gasteiger partial charge is 0.145 e. The maximum atomic E-state index is 13.1. The second-order valence-corrected chi connectivity index (χ2v) is 4.38. The summed E-state index contributed by atoms with van der Waals surface area (Å²) in [7, 11) is -1.80. The summed E-state index contributed by atoms with van der Waals surface area (Å²) >= 11 is 0. The molecule has 0 heterocycles. The molecule has 1 unspecified atom stereocenters. The summed E-state index contributed by atoms with van der Waals surface area (Å²) in [5.41, 5.74) is 0. The first kappa shape index (κ1) is 12.0. The van der Waals surface area contributed by atoms with Crippen LogP contribution < -0.4 is 0 Å². The first-order chi connectivity index (χ1) is 7.04. The molecule has 0 N–H and O–H groups in total. The van der Waals surface area contributed by atoms with Gasteiger partial charge in [0.05, 0.1) is 21.4 Å². The molecule has 1 aromatic rings. The van der Waals surface area contributed by atoms with Crippen LogP contribution in [0.15, 0.2) is 23.1 Å². The van der Waals surface area contributed by atoms with E-state index in [2.05, 4.69) is 0 Å². The minimum atomic E-state index is -1.80. The van der Waals surface area contributed by atoms with Gasteiger partial charge in [-0.15, -0.1) is 0 Å². The van der Waals surface area contributed by atoms with Crippen molar-refractivity contribution in [2.45, 2.75) is 18.2 Å². The van der Waals surface area contributed by atoms with Crippen LogP contribution in [0.4, 0.5) is 8.78 Å². The molecule has 1 rings (SSSR count). The number of Topliss-reactive ketones (excluding diaryl/α,β-unsaturated/α-hetero) is 1. The lowest BCUT2D eigenvalue weighted by atomic mass is 10.3. The van der Waals surface area contributed by atoms with Gasteiger partial charge in [-0.3, -0.25) is 9.00 Å². The zero-order valence-electron chi connectivity index (χ0n) is 8.13. The Bertz CT molecular complexity index is 404. The fourth-order valence-electron chi connectivity index (χ4n) is 0.978. The van der Waals surface area contributed by atoms with Crippen LogP contribution in [0.2, 0.25) is 0 Å². The molecule has 0 saturated carbocycles. The normalized spacial score (nSPS) is 12.5. The van der Waals surface area contributed by atoms with Crippen LogP contribution in [0.3, 0.4) is 0 Å². The highest BCUT2D eigenvalue weighted by Crippen LogP contribution is 2.14. The van der Waals surface area contributed by atoms with Crippen LogP contribution in [-0.2, 0) is 15.6 Å². The van der Waals surface area contributed by atoms with Crippen molar-refractivity contribution in [3.63, 3.8) is 0 Å². The number of benzene rings is 1. The van der Waals surface area contributed by atoms with E-state index < -0.39 is 22.4 Å². The third kappa shape index (κ3) is 3.20. The Balaban J connectivity index is 2.91. The van der Waals surface area contributed by atoms with Crippen molar-refractivity contribution in [1.82, 2.24) is 0 Å². The van der Waals surface area contributed by atoms with Gasteiger partial charge in [0.25, 0.3) is 0 Å². The average molecular weight is 232 g/mol. The zero-order chi connectivity index (χ0) is 11.4. The van der Waals surface area contributed by atoms with Gasteiger partial charge in [0.2, 0.25) is 0 Å². The van der Waals surface area contributed by atoms with Crippen molar-refractivity contribution in [2.75, 3.05) is 5.75 Å². The number of ketones is 1. The first-order valence-corrected chi connectivity index (χ1v) is 5.71. The van der Waals surface area contributed by atoms with Gasteiger partial charge in [-0.2, -0.15) is 0 Å². The van der Waals surface area contributed by atoms with Gasteiger partial charge < -0.3 is 0 Å². The van der Waals surface area contributed by atoms with Gasteiger partial charge in [0.15, 0.2) is 0 Å². The lowest BCUT2D eigenvalue weighted by Crippen LogP contribution is -2.10. The van der Waals surface area contributed by atoms with Crippen molar-refractivity contribution < 1.29 is 17.8 Å². The van der Waals surface area contributed by atoms with Gasteiger partial charge >= 0.3 is 0 Å². The van der Waals surface area contributed by atoms with Crippen LogP contribution >= 0.6 is 0 Å². The number of rotatable bonds is 4. The second-order valence-electron chi connectivity index (χ2n) is 2.96. The van der Waals surface area contributed by atoms with Gasteiger partial charge in [-0.1, -0.05) is 6.92 Å². The summed E-state index contributed by atoms with van der Waals surface area (Å²) in [5, 5.41) is 0. The molecule has 0 fully saturated rings. The van der Waals surface area contributed by atoms with Crippen LogP contribution in [0.1, 0.15) is 13.3 Å². The van der Waals surface area contributed by atoms with Crippen LogP contribution in [0.25, 0.3) is 0 Å². The first-order valence-electron chi connectivity index (χ1n) is 4.39. The molecule has 0 aliphatic carbocycles. The highest BCUT2D eigenvalue weighted by Gasteiger charge is 2.13. The zero-order valence-corrected chi connectivity index (χ0v) is 8.94. The summed E-state index contributed by atoms with van der Waals surface area (Å²) in [5.74, 6) is -1.92. The fourth-order valence-corrected chi connectivity index (χ4v) is 2.16. The topological polar surface area (TPSA) is 34.1 Å². The molecule has 1 atom stereocenters. The third-order valence-corrected chi connectivity index (χ3v) is 3.21. The van der Waals surface area contributed by atoms with Crippen LogP contribution in [-0.4, -0.2) is 15.7 Å². The Kier molecular flexibility index (Phi) is 4.08. The second kappa shape index (κ2) is 5.11. The minimum Gasteiger partial charge on any atom is -0.299 e. The summed E-state index contributed by atoms with van der Waals surface area (Å²) < 4.78 is 37.3. The molecular formula is C10H10F2O2S. The van der Waals surface area contributed by atoms with Gasteiger partial charge in [-0.25, -0.2) is 8.78 Å². The molecule has 5 heteroatoms. The molecule has 0 aliphatic heterocycles. The third-order valence-electron chi connectivity index (χ3n) is 1.82. The van der Waals surface area contributed by atoms with E-state index in [4.69, 9.17) is 0 Å². The molecule has 0 radical (unpaired) electrons. The molecule has 0 aliphatic rings. The predicted octanol–water partition coefficient (Wildman–Crippen LogP) is 2.05. The van der Waals surface area contributed by atoms with Crippen molar-refractivity contribution in [3.05, 3.63) is 29.8 Å². The van der Waals surface area contributed by atoms with Gasteiger partial charge in [-0.05, 0) is 18.2 Å². The lowest BCUT2D eigenvalue weighted by Gasteiger charge is -2.02. The number of halogens is 2. The van der Waals surface area contributed by atoms with Crippen LogP contribution in [0, 0.1) is 11.6 Å². The standard InChI is InChI=1S/C10H10F2O2S/c1-2-8(13)6-15(14)10-5-7(11)3-4-9(10)12/h3-5H,2,6H2,1H3. The number of hydrogen-bond donors (Lipinski definition) is 0. The van der Waals surface area contributed by atoms with E-state index in [1.165, 1.54) is 0 Å². The Morgan fingerprint density at radius 1 is 1.40 bits per heavy atom. The molecule has 0 aromatic heterocycles. The quantitative estimate of drug-likeness (QED) is 0.796. The summed E-state index contributed by atoms with van der Waals surface area (Å²) in [6.07, 6.45) is 0.239. The van der Waals surface area contributed by atoms with Crippen molar-refractivity contribution in [1.29, 1.82) is 0 Å². The van der Waals surface area contributed by atoms with E-state index in [9.17, 15) is 17.8 Å². The van der Waals surface area contributed by atoms with E-state index >= 15 is 0 Å². The Labute approximate surface area is 88.8 Å². The number of carbonyl (C=O) groups is 1. The molecule has 0 amide bonds. The maximum absolute atomic E-state index is 13.1. The Hall–Kier alpha value is -1.10. The van der Waals surface area contributed by atoms with Crippen molar-refractivity contribution in [3.8, 4) is 0 Å². The molecule has 0 bridgehead atoms. The van der Waals surface area contributed by atoms with Crippen molar-refractivity contribution in [2.24, 2.45) is 0 Å². The number of carbonyl (C=O) groups excluding carboxylic acids is 1. The van der Waals surface area contributed by atoms with Crippen molar-refractivity contribution >= 4 is 16.6 Å². The van der Waals surface area contributed by atoms with Gasteiger partial charge in [0, 0.05) is 6.42 Å². The van der Waals surface area contributed by atoms with E-state index in [1.54, 1.807) is 6.92 Å². The molecule has 0 saturated heterocycles. The van der Waals surface area contributed by atoms with E-state index in [-0.39, 0.29) is 22.9 Å². The molecule has 15 heavy (non-hydrogen) atoms. The Morgan fingerprint density at radius 3 is 2.67 bits per heavy atom. The predicted molar refractivity (Wildman–Crippen MR) is 52.9 cm³/mol. The molecule has 2 nitrogen and oxygen atoms in total. The van der Waals surface area contributed by atoms with E-state index in [0.29, 0.717) is 0 Å². The highest BCUT2D eigenvalue weighted by molar-refractivity contribution is 7.85.